The lowest BCUT2D eigenvalue weighted by atomic mass is 10.1. The van der Waals surface area contributed by atoms with E-state index in [0.29, 0.717) is 0 Å². The second kappa shape index (κ2) is 9.45. The quantitative estimate of drug-likeness (QED) is 0.698. The fraction of sp³-hybridized carbons (Fsp3) is 0.381. The molecule has 0 spiro atoms. The van der Waals surface area contributed by atoms with Crippen molar-refractivity contribution < 1.29 is 0 Å². The first-order valence-electron chi connectivity index (χ1n) is 9.31. The highest BCUT2D eigenvalue weighted by Crippen LogP contribution is 2.42. The van der Waals surface area contributed by atoms with Gasteiger partial charge in [-0.25, -0.2) is 4.99 Å². The topological polar surface area (TPSA) is 22.1 Å². The monoisotopic (exact) mass is 406 g/mol. The molecule has 4 nitrogen and oxygen atoms in total. The molecule has 0 aromatic heterocycles. The van der Waals surface area contributed by atoms with E-state index in [1.165, 1.54) is 16.9 Å². The summed E-state index contributed by atoms with van der Waals surface area (Å²) in [5.74, 6) is 1.11. The average molecular weight is 407 g/mol. The zero-order valence-electron chi connectivity index (χ0n) is 15.9. The highest BCUT2D eigenvalue weighted by molar-refractivity contribution is 6.17. The van der Waals surface area contributed by atoms with Crippen molar-refractivity contribution >= 4 is 42.1 Å². The Hall–Kier alpha value is -1.75. The molecule has 2 aromatic carbocycles. The van der Waals surface area contributed by atoms with Gasteiger partial charge in [-0.15, -0.1) is 24.8 Å². The minimum atomic E-state index is 0. The Morgan fingerprint density at radius 1 is 0.926 bits per heavy atom. The average Bonchev–Trinajstić information content (AvgIpc) is 3.22. The van der Waals surface area contributed by atoms with Gasteiger partial charge in [0.15, 0.2) is 0 Å². The zero-order chi connectivity index (χ0) is 17.2. The Labute approximate surface area is 174 Å². The van der Waals surface area contributed by atoms with Crippen molar-refractivity contribution in [3.8, 4) is 0 Å². The predicted octanol–water partition coefficient (Wildman–Crippen LogP) is 4.61. The van der Waals surface area contributed by atoms with Crippen molar-refractivity contribution in [3.05, 3.63) is 60.2 Å². The largest absolute Gasteiger partial charge is 0.309 e. The minimum absolute atomic E-state index is 0. The number of nitrogens with zero attached hydrogens (tertiary/aromatic N) is 4. The van der Waals surface area contributed by atoms with Crippen LogP contribution in [-0.2, 0) is 0 Å². The number of rotatable bonds is 6. The lowest BCUT2D eigenvalue weighted by Crippen LogP contribution is -2.40. The van der Waals surface area contributed by atoms with Crippen molar-refractivity contribution in [2.24, 2.45) is 4.99 Å². The van der Waals surface area contributed by atoms with Crippen LogP contribution in [0.3, 0.4) is 0 Å². The van der Waals surface area contributed by atoms with Gasteiger partial charge in [0, 0.05) is 13.1 Å². The third-order valence-electron chi connectivity index (χ3n) is 5.29. The van der Waals surface area contributed by atoms with Crippen LogP contribution >= 0.6 is 24.8 Å². The van der Waals surface area contributed by atoms with Gasteiger partial charge < -0.3 is 14.7 Å². The third-order valence-corrected chi connectivity index (χ3v) is 5.29. The number of benzene rings is 2. The molecular formula is C21H28Cl2N4. The highest BCUT2D eigenvalue weighted by Gasteiger charge is 2.38. The van der Waals surface area contributed by atoms with Gasteiger partial charge in [-0.3, -0.25) is 0 Å². The number of para-hydroxylation sites is 2. The maximum absolute atomic E-state index is 5.10. The lowest BCUT2D eigenvalue weighted by molar-refractivity contribution is 0.313. The molecule has 0 radical (unpaired) electrons. The molecule has 2 heterocycles. The van der Waals surface area contributed by atoms with Gasteiger partial charge in [0.25, 0.3) is 0 Å². The molecule has 0 N–H and O–H groups in total. The van der Waals surface area contributed by atoms with Crippen LogP contribution in [0.1, 0.15) is 25.5 Å². The fourth-order valence-corrected chi connectivity index (χ4v) is 3.81. The second-order valence-corrected chi connectivity index (χ2v) is 6.63. The van der Waals surface area contributed by atoms with Crippen LogP contribution in [-0.4, -0.2) is 43.6 Å². The van der Waals surface area contributed by atoms with Gasteiger partial charge in [-0.2, -0.15) is 0 Å². The minimum Gasteiger partial charge on any atom is -0.309 e. The van der Waals surface area contributed by atoms with Crippen LogP contribution in [0.4, 0.5) is 11.4 Å². The second-order valence-electron chi connectivity index (χ2n) is 6.63. The summed E-state index contributed by atoms with van der Waals surface area (Å²) in [5.41, 5.74) is 3.88. The van der Waals surface area contributed by atoms with Crippen LogP contribution in [0, 0.1) is 0 Å². The van der Waals surface area contributed by atoms with Crippen molar-refractivity contribution in [1.29, 1.82) is 0 Å². The van der Waals surface area contributed by atoms with Gasteiger partial charge >= 0.3 is 0 Å². The van der Waals surface area contributed by atoms with Crippen molar-refractivity contribution in [2.45, 2.75) is 19.9 Å². The van der Waals surface area contributed by atoms with Crippen molar-refractivity contribution in [2.75, 3.05) is 42.5 Å². The van der Waals surface area contributed by atoms with E-state index in [4.69, 9.17) is 4.99 Å². The first-order chi connectivity index (χ1) is 12.3. The maximum atomic E-state index is 5.10. The fourth-order valence-electron chi connectivity index (χ4n) is 3.81. The lowest BCUT2D eigenvalue weighted by Gasteiger charge is -2.24. The summed E-state index contributed by atoms with van der Waals surface area (Å²) in [4.78, 5) is 12.3. The highest BCUT2D eigenvalue weighted by atomic mass is 35.5. The van der Waals surface area contributed by atoms with E-state index in [1.54, 1.807) is 0 Å². The van der Waals surface area contributed by atoms with Gasteiger partial charge in [0.1, 0.15) is 0 Å². The van der Waals surface area contributed by atoms with Crippen LogP contribution < -0.4 is 9.80 Å². The third kappa shape index (κ3) is 4.08. The summed E-state index contributed by atoms with van der Waals surface area (Å²) < 4.78 is 0. The number of aliphatic imine (C=N–C) groups is 1. The van der Waals surface area contributed by atoms with E-state index in [2.05, 4.69) is 83.1 Å². The van der Waals surface area contributed by atoms with Crippen LogP contribution in [0.5, 0.6) is 0 Å². The first kappa shape index (κ1) is 21.5. The molecule has 2 aliphatic heterocycles. The summed E-state index contributed by atoms with van der Waals surface area (Å²) >= 11 is 0. The van der Waals surface area contributed by atoms with E-state index in [0.717, 1.165) is 38.7 Å². The molecule has 0 aliphatic carbocycles. The molecule has 0 amide bonds. The Bertz CT molecular complexity index is 762. The molecule has 6 heteroatoms. The van der Waals surface area contributed by atoms with Crippen molar-refractivity contribution in [1.82, 2.24) is 4.90 Å². The maximum Gasteiger partial charge on any atom is 0.206 e. The van der Waals surface area contributed by atoms with E-state index in [-0.39, 0.29) is 30.9 Å². The molecule has 0 fully saturated rings. The van der Waals surface area contributed by atoms with Gasteiger partial charge in [0.05, 0.1) is 24.0 Å². The summed E-state index contributed by atoms with van der Waals surface area (Å²) in [7, 11) is 0. The number of hydrogen-bond donors (Lipinski definition) is 0. The smallest absolute Gasteiger partial charge is 0.206 e. The predicted molar refractivity (Wildman–Crippen MR) is 120 cm³/mol. The number of anilines is 2. The van der Waals surface area contributed by atoms with Crippen LogP contribution in [0.2, 0.25) is 0 Å². The van der Waals surface area contributed by atoms with E-state index in [9.17, 15) is 0 Å². The number of fused-ring (bicyclic) bond motifs is 3. The molecule has 2 aliphatic rings. The Kier molecular flexibility index (Phi) is 7.54. The van der Waals surface area contributed by atoms with E-state index < -0.39 is 0 Å². The summed E-state index contributed by atoms with van der Waals surface area (Å²) in [6.07, 6.45) is 0. The molecular weight excluding hydrogens is 379 g/mol. The number of halogens is 2. The van der Waals surface area contributed by atoms with E-state index >= 15 is 0 Å². The standard InChI is InChI=1S/C21H26N4.2ClH/c1-3-23(4-2)14-15-24-19-12-8-9-13-20(19)25-16-18(22-21(24)25)17-10-6-5-7-11-17;;/h5-13,18H,3-4,14-16H2,1-2H3;2*1H. The number of likely N-dealkylation sites (N-methyl/N-ethyl adjacent to an activating group) is 1. The van der Waals surface area contributed by atoms with Gasteiger partial charge in [0.2, 0.25) is 5.96 Å². The molecule has 1 unspecified atom stereocenters. The molecule has 2 aromatic rings. The molecule has 4 rings (SSSR count). The number of guanidine groups is 1. The molecule has 27 heavy (non-hydrogen) atoms. The summed E-state index contributed by atoms with van der Waals surface area (Å²) in [6, 6.07) is 19.5. The van der Waals surface area contributed by atoms with Gasteiger partial charge in [-0.1, -0.05) is 56.3 Å². The van der Waals surface area contributed by atoms with Crippen LogP contribution in [0.25, 0.3) is 0 Å². The van der Waals surface area contributed by atoms with Crippen LogP contribution in [0.15, 0.2) is 59.6 Å². The Balaban J connectivity index is 0.00000131. The van der Waals surface area contributed by atoms with E-state index in [1.807, 2.05) is 0 Å². The zero-order valence-corrected chi connectivity index (χ0v) is 17.5. The van der Waals surface area contributed by atoms with Gasteiger partial charge in [-0.05, 0) is 30.8 Å². The molecule has 0 saturated heterocycles. The summed E-state index contributed by atoms with van der Waals surface area (Å²) in [6.45, 7) is 9.61. The summed E-state index contributed by atoms with van der Waals surface area (Å²) in [5, 5.41) is 0. The molecule has 0 saturated carbocycles. The normalized spacial score (nSPS) is 17.1. The molecule has 0 bridgehead atoms. The van der Waals surface area contributed by atoms with Crippen molar-refractivity contribution in [3.63, 3.8) is 0 Å². The molecule has 1 atom stereocenters. The number of hydrogen-bond acceptors (Lipinski definition) is 4. The Morgan fingerprint density at radius 2 is 1.56 bits per heavy atom. The Morgan fingerprint density at radius 3 is 2.22 bits per heavy atom. The molecule has 146 valence electrons. The SMILES string of the molecule is CCN(CC)CCN1C2=NC(c3ccccc3)CN2c2ccccc21.Cl.Cl. The first-order valence-corrected chi connectivity index (χ1v) is 9.31.